The zero-order valence-electron chi connectivity index (χ0n) is 14.0. The molecule has 0 bridgehead atoms. The van der Waals surface area contributed by atoms with Gasteiger partial charge in [0.1, 0.15) is 11.6 Å². The first-order valence-electron chi connectivity index (χ1n) is 8.18. The fraction of sp³-hybridized carbons (Fsp3) is 0. The molecule has 0 aliphatic rings. The van der Waals surface area contributed by atoms with Crippen molar-refractivity contribution in [2.45, 2.75) is 0 Å². The lowest BCUT2D eigenvalue weighted by atomic mass is 10.2. The van der Waals surface area contributed by atoms with E-state index in [1.54, 1.807) is 54.6 Å². The number of carbonyl (C=O) groups is 1. The third kappa shape index (κ3) is 3.61. The Kier molecular flexibility index (Phi) is 4.72. The smallest absolute Gasteiger partial charge is 0.344 e. The summed E-state index contributed by atoms with van der Waals surface area (Å²) in [5.74, 6) is 0.371. The Morgan fingerprint density at radius 2 is 1.74 bits per heavy atom. The molecule has 0 radical (unpaired) electrons. The quantitative estimate of drug-likeness (QED) is 0.275. The molecule has 27 heavy (non-hydrogen) atoms. The first kappa shape index (κ1) is 17.4. The zero-order valence-corrected chi connectivity index (χ0v) is 16.1. The number of H-pyrrole nitrogens is 1. The number of hydrogen-bond acceptors (Lipinski definition) is 4. The van der Waals surface area contributed by atoms with E-state index in [4.69, 9.17) is 4.74 Å². The van der Waals surface area contributed by atoms with Crippen LogP contribution in [-0.2, 0) is 0 Å². The van der Waals surface area contributed by atoms with Gasteiger partial charge < -0.3 is 9.72 Å². The third-order valence-corrected chi connectivity index (χ3v) is 4.97. The number of fused-ring (bicyclic) bond motifs is 1. The van der Waals surface area contributed by atoms with Crippen LogP contribution >= 0.6 is 22.6 Å². The van der Waals surface area contributed by atoms with Gasteiger partial charge in [0.25, 0.3) is 5.56 Å². The van der Waals surface area contributed by atoms with Gasteiger partial charge >= 0.3 is 5.97 Å². The summed E-state index contributed by atoms with van der Waals surface area (Å²) in [7, 11) is 0. The number of halogens is 1. The number of para-hydroxylation sites is 1. The minimum atomic E-state index is -0.433. The average molecular weight is 468 g/mol. The molecular formula is C21H13IN2O3. The number of nitrogens with zero attached hydrogens (tertiary/aromatic N) is 1. The van der Waals surface area contributed by atoms with E-state index in [-0.39, 0.29) is 5.56 Å². The lowest BCUT2D eigenvalue weighted by molar-refractivity contribution is 0.0733. The van der Waals surface area contributed by atoms with Crippen LogP contribution in [0, 0.1) is 3.57 Å². The molecule has 0 atom stereocenters. The summed E-state index contributed by atoms with van der Waals surface area (Å²) in [4.78, 5) is 32.0. The van der Waals surface area contributed by atoms with Crippen LogP contribution in [-0.4, -0.2) is 15.9 Å². The molecule has 1 heterocycles. The van der Waals surface area contributed by atoms with Crippen molar-refractivity contribution in [3.8, 4) is 17.1 Å². The van der Waals surface area contributed by atoms with Crippen LogP contribution < -0.4 is 10.3 Å². The summed E-state index contributed by atoms with van der Waals surface area (Å²) in [6, 6.07) is 21.3. The highest BCUT2D eigenvalue weighted by molar-refractivity contribution is 14.1. The monoisotopic (exact) mass is 468 g/mol. The van der Waals surface area contributed by atoms with Gasteiger partial charge in [-0.15, -0.1) is 0 Å². The predicted molar refractivity (Wildman–Crippen MR) is 112 cm³/mol. The van der Waals surface area contributed by atoms with Gasteiger partial charge in [0.05, 0.1) is 16.5 Å². The van der Waals surface area contributed by atoms with Gasteiger partial charge in [-0.2, -0.15) is 0 Å². The summed E-state index contributed by atoms with van der Waals surface area (Å²) in [5, 5.41) is 0.530. The molecule has 1 N–H and O–H groups in total. The Morgan fingerprint density at radius 1 is 0.963 bits per heavy atom. The lowest BCUT2D eigenvalue weighted by Crippen LogP contribution is -2.11. The first-order chi connectivity index (χ1) is 13.1. The van der Waals surface area contributed by atoms with Gasteiger partial charge in [-0.25, -0.2) is 9.78 Å². The van der Waals surface area contributed by atoms with Crippen molar-refractivity contribution in [3.05, 3.63) is 92.3 Å². The van der Waals surface area contributed by atoms with E-state index in [2.05, 4.69) is 32.6 Å². The lowest BCUT2D eigenvalue weighted by Gasteiger charge is -2.08. The molecule has 4 aromatic rings. The van der Waals surface area contributed by atoms with Crippen molar-refractivity contribution in [2.24, 2.45) is 0 Å². The van der Waals surface area contributed by atoms with Crippen LogP contribution in [0.1, 0.15) is 10.4 Å². The Hall–Kier alpha value is -3.00. The number of hydrogen-bond donors (Lipinski definition) is 1. The van der Waals surface area contributed by atoms with Crippen molar-refractivity contribution < 1.29 is 9.53 Å². The van der Waals surface area contributed by atoms with E-state index in [1.165, 1.54) is 0 Å². The number of carbonyl (C=O) groups excluding carboxylic acids is 1. The summed E-state index contributed by atoms with van der Waals surface area (Å²) in [6.45, 7) is 0. The number of benzene rings is 3. The topological polar surface area (TPSA) is 72.0 Å². The molecule has 0 unspecified atom stereocenters. The standard InChI is InChI=1S/C21H13IN2O3/c22-17-10-3-1-8-15(17)21(26)27-14-7-5-6-13(12-14)19-23-18-11-4-2-9-16(18)20(25)24-19/h1-12H,(H,23,24,25). The normalized spacial score (nSPS) is 10.7. The van der Waals surface area contributed by atoms with Crippen molar-refractivity contribution in [2.75, 3.05) is 0 Å². The van der Waals surface area contributed by atoms with E-state index >= 15 is 0 Å². The molecule has 1 aromatic heterocycles. The number of aromatic nitrogens is 2. The minimum Gasteiger partial charge on any atom is -0.423 e. The van der Waals surface area contributed by atoms with Gasteiger partial charge in [-0.05, 0) is 59.0 Å². The molecule has 0 aliphatic carbocycles. The third-order valence-electron chi connectivity index (χ3n) is 4.02. The van der Waals surface area contributed by atoms with E-state index in [0.717, 1.165) is 3.57 Å². The number of esters is 1. The predicted octanol–water partition coefficient (Wildman–Crippen LogP) is 4.41. The van der Waals surface area contributed by atoms with Crippen molar-refractivity contribution in [1.82, 2.24) is 9.97 Å². The molecule has 0 aliphatic heterocycles. The maximum Gasteiger partial charge on any atom is 0.344 e. The molecule has 4 rings (SSSR count). The molecule has 6 heteroatoms. The summed E-state index contributed by atoms with van der Waals surface area (Å²) >= 11 is 2.10. The highest BCUT2D eigenvalue weighted by atomic mass is 127. The molecule has 0 saturated carbocycles. The molecule has 0 saturated heterocycles. The second kappa shape index (κ2) is 7.32. The minimum absolute atomic E-state index is 0.211. The van der Waals surface area contributed by atoms with E-state index in [9.17, 15) is 9.59 Å². The largest absolute Gasteiger partial charge is 0.423 e. The molecule has 132 valence electrons. The highest BCUT2D eigenvalue weighted by Gasteiger charge is 2.13. The summed E-state index contributed by atoms with van der Waals surface area (Å²) < 4.78 is 6.31. The van der Waals surface area contributed by atoms with Gasteiger partial charge in [0.2, 0.25) is 0 Å². The molecule has 3 aromatic carbocycles. The maximum absolute atomic E-state index is 12.4. The Morgan fingerprint density at radius 3 is 2.59 bits per heavy atom. The molecule has 5 nitrogen and oxygen atoms in total. The SMILES string of the molecule is O=C(Oc1cccc(-c2nc3ccccc3c(=O)[nH]2)c1)c1ccccc1I. The maximum atomic E-state index is 12.4. The number of aromatic amines is 1. The van der Waals surface area contributed by atoms with E-state index in [0.29, 0.717) is 33.6 Å². The highest BCUT2D eigenvalue weighted by Crippen LogP contribution is 2.23. The fourth-order valence-corrected chi connectivity index (χ4v) is 3.33. The van der Waals surface area contributed by atoms with Crippen molar-refractivity contribution in [3.63, 3.8) is 0 Å². The summed E-state index contributed by atoms with van der Waals surface area (Å²) in [6.07, 6.45) is 0. The van der Waals surface area contributed by atoms with Gasteiger partial charge in [-0.1, -0.05) is 36.4 Å². The second-order valence-electron chi connectivity index (χ2n) is 5.83. The van der Waals surface area contributed by atoms with Crippen LogP contribution in [0.25, 0.3) is 22.3 Å². The zero-order chi connectivity index (χ0) is 18.8. The van der Waals surface area contributed by atoms with Gasteiger partial charge in [0.15, 0.2) is 0 Å². The Bertz CT molecular complexity index is 1220. The van der Waals surface area contributed by atoms with Crippen LogP contribution in [0.3, 0.4) is 0 Å². The molecular weight excluding hydrogens is 455 g/mol. The van der Waals surface area contributed by atoms with E-state index < -0.39 is 5.97 Å². The molecule has 0 spiro atoms. The van der Waals surface area contributed by atoms with Gasteiger partial charge in [0, 0.05) is 9.13 Å². The van der Waals surface area contributed by atoms with Crippen molar-refractivity contribution >= 4 is 39.5 Å². The molecule has 0 fully saturated rings. The van der Waals surface area contributed by atoms with Crippen LogP contribution in [0.5, 0.6) is 5.75 Å². The molecule has 0 amide bonds. The van der Waals surface area contributed by atoms with Gasteiger partial charge in [-0.3, -0.25) is 4.79 Å². The second-order valence-corrected chi connectivity index (χ2v) is 6.99. The van der Waals surface area contributed by atoms with Crippen LogP contribution in [0.4, 0.5) is 0 Å². The average Bonchev–Trinajstić information content (AvgIpc) is 2.68. The van der Waals surface area contributed by atoms with Crippen molar-refractivity contribution in [1.29, 1.82) is 0 Å². The fourth-order valence-electron chi connectivity index (χ4n) is 2.72. The number of nitrogens with one attached hydrogen (secondary N) is 1. The van der Waals surface area contributed by atoms with Crippen LogP contribution in [0.2, 0.25) is 0 Å². The number of ether oxygens (including phenoxy) is 1. The Labute approximate surface area is 168 Å². The first-order valence-corrected chi connectivity index (χ1v) is 9.26. The number of rotatable bonds is 3. The van der Waals surface area contributed by atoms with Crippen LogP contribution in [0.15, 0.2) is 77.6 Å². The summed E-state index contributed by atoms with van der Waals surface area (Å²) in [5.41, 5.74) is 1.56. The van der Waals surface area contributed by atoms with E-state index in [1.807, 2.05) is 18.2 Å². The Balaban J connectivity index is 1.68.